The Morgan fingerprint density at radius 3 is 2.76 bits per heavy atom. The van der Waals surface area contributed by atoms with E-state index in [0.717, 1.165) is 19.4 Å². The van der Waals surface area contributed by atoms with Crippen molar-refractivity contribution in [2.24, 2.45) is 5.92 Å². The average Bonchev–Trinajstić information content (AvgIpc) is 3.16. The molecular formula is C19H23N3O3. The summed E-state index contributed by atoms with van der Waals surface area (Å²) in [5.41, 5.74) is 1.17. The first-order valence-corrected chi connectivity index (χ1v) is 8.71. The van der Waals surface area contributed by atoms with Gasteiger partial charge in [-0.1, -0.05) is 18.2 Å². The molecule has 1 aromatic carbocycles. The second-order valence-corrected chi connectivity index (χ2v) is 6.31. The highest BCUT2D eigenvalue weighted by molar-refractivity contribution is 5.94. The Morgan fingerprint density at radius 2 is 2.04 bits per heavy atom. The lowest BCUT2D eigenvalue weighted by Gasteiger charge is -2.32. The number of rotatable bonds is 5. The number of piperidine rings is 1. The van der Waals surface area contributed by atoms with E-state index >= 15 is 0 Å². The van der Waals surface area contributed by atoms with E-state index < -0.39 is 0 Å². The van der Waals surface area contributed by atoms with E-state index in [1.54, 1.807) is 10.9 Å². The number of aromatic nitrogens is 2. The highest BCUT2D eigenvalue weighted by Crippen LogP contribution is 2.19. The van der Waals surface area contributed by atoms with Crippen molar-refractivity contribution in [2.75, 3.05) is 19.7 Å². The Hall–Kier alpha value is -2.63. The lowest BCUT2D eigenvalue weighted by atomic mass is 9.98. The number of amides is 1. The van der Waals surface area contributed by atoms with E-state index in [2.05, 4.69) is 5.10 Å². The number of carbonyl (C=O) groups is 2. The molecule has 1 aliphatic heterocycles. The molecule has 0 radical (unpaired) electrons. The third kappa shape index (κ3) is 4.26. The van der Waals surface area contributed by atoms with E-state index in [0.29, 0.717) is 30.8 Å². The molecule has 1 atom stereocenters. The van der Waals surface area contributed by atoms with Gasteiger partial charge in [-0.15, -0.1) is 0 Å². The molecule has 1 aliphatic rings. The summed E-state index contributed by atoms with van der Waals surface area (Å²) in [5.74, 6) is -0.140. The van der Waals surface area contributed by atoms with Gasteiger partial charge in [-0.2, -0.15) is 5.10 Å². The molecule has 25 heavy (non-hydrogen) atoms. The molecule has 1 fully saturated rings. The predicted molar refractivity (Wildman–Crippen MR) is 93.3 cm³/mol. The Balaban J connectivity index is 1.53. The quantitative estimate of drug-likeness (QED) is 0.784. The summed E-state index contributed by atoms with van der Waals surface area (Å²) < 4.78 is 7.12. The van der Waals surface area contributed by atoms with Gasteiger partial charge in [0.05, 0.1) is 18.4 Å². The number of carbonyl (C=O) groups excluding carboxylic acids is 2. The van der Waals surface area contributed by atoms with Gasteiger partial charge in [0.2, 0.25) is 0 Å². The van der Waals surface area contributed by atoms with Gasteiger partial charge in [0, 0.05) is 37.3 Å². The van der Waals surface area contributed by atoms with Gasteiger partial charge in [0.15, 0.2) is 0 Å². The summed E-state index contributed by atoms with van der Waals surface area (Å²) in [6.07, 6.45) is 5.10. The molecule has 0 N–H and O–H groups in total. The number of benzene rings is 1. The first-order valence-electron chi connectivity index (χ1n) is 8.71. The summed E-state index contributed by atoms with van der Waals surface area (Å²) >= 11 is 0. The van der Waals surface area contributed by atoms with Crippen LogP contribution in [0, 0.1) is 5.92 Å². The van der Waals surface area contributed by atoms with E-state index in [1.165, 1.54) is 6.20 Å². The van der Waals surface area contributed by atoms with Crippen molar-refractivity contribution in [1.82, 2.24) is 14.7 Å². The average molecular weight is 341 g/mol. The number of aryl methyl sites for hydroxylation is 1. The molecule has 1 aromatic heterocycles. The Bertz CT molecular complexity index is 727. The summed E-state index contributed by atoms with van der Waals surface area (Å²) in [5, 5.41) is 4.08. The fourth-order valence-corrected chi connectivity index (χ4v) is 3.07. The van der Waals surface area contributed by atoms with Crippen LogP contribution in [0.15, 0.2) is 42.7 Å². The van der Waals surface area contributed by atoms with Crippen LogP contribution < -0.4 is 0 Å². The summed E-state index contributed by atoms with van der Waals surface area (Å²) in [6.45, 7) is 4.38. The highest BCUT2D eigenvalue weighted by atomic mass is 16.5. The minimum absolute atomic E-state index is 0.0425. The molecule has 3 rings (SSSR count). The van der Waals surface area contributed by atoms with E-state index in [1.807, 2.05) is 42.2 Å². The molecule has 6 nitrogen and oxygen atoms in total. The SMILES string of the molecule is CCn1cc(C(=O)OC[C@@H]2CCCN(C(=O)c3ccccc3)C2)cn1. The third-order valence-corrected chi connectivity index (χ3v) is 4.47. The maximum atomic E-state index is 12.5. The van der Waals surface area contributed by atoms with Crippen LogP contribution in [-0.2, 0) is 11.3 Å². The standard InChI is InChI=1S/C19H23N3O3/c1-2-22-13-17(11-20-22)19(24)25-14-15-7-6-10-21(12-15)18(23)16-8-4-3-5-9-16/h3-5,8-9,11,13,15H,2,6-7,10,12,14H2,1H3/t15-/m1/s1. The molecule has 0 spiro atoms. The normalized spacial score (nSPS) is 17.3. The lowest BCUT2D eigenvalue weighted by molar-refractivity contribution is 0.0342. The first kappa shape index (κ1) is 17.2. The van der Waals surface area contributed by atoms with Crippen molar-refractivity contribution in [3.05, 3.63) is 53.9 Å². The molecule has 0 bridgehead atoms. The second-order valence-electron chi connectivity index (χ2n) is 6.31. The van der Waals surface area contributed by atoms with E-state index in [9.17, 15) is 9.59 Å². The Morgan fingerprint density at radius 1 is 1.24 bits per heavy atom. The van der Waals surface area contributed by atoms with Crippen LogP contribution in [0.5, 0.6) is 0 Å². The fraction of sp³-hybridized carbons (Fsp3) is 0.421. The van der Waals surface area contributed by atoms with Crippen molar-refractivity contribution in [3.63, 3.8) is 0 Å². The topological polar surface area (TPSA) is 64.4 Å². The molecule has 0 saturated carbocycles. The molecule has 1 amide bonds. The van der Waals surface area contributed by atoms with E-state index in [4.69, 9.17) is 4.74 Å². The van der Waals surface area contributed by atoms with E-state index in [-0.39, 0.29) is 17.8 Å². The molecule has 2 heterocycles. The number of hydrogen-bond donors (Lipinski definition) is 0. The Kier molecular flexibility index (Phi) is 5.48. The zero-order chi connectivity index (χ0) is 17.6. The van der Waals surface area contributed by atoms with Crippen LogP contribution in [0.4, 0.5) is 0 Å². The van der Waals surface area contributed by atoms with Gasteiger partial charge in [-0.05, 0) is 31.9 Å². The zero-order valence-corrected chi connectivity index (χ0v) is 14.4. The van der Waals surface area contributed by atoms with Gasteiger partial charge in [0.25, 0.3) is 5.91 Å². The molecule has 132 valence electrons. The largest absolute Gasteiger partial charge is 0.462 e. The molecule has 6 heteroatoms. The minimum Gasteiger partial charge on any atom is -0.462 e. The highest BCUT2D eigenvalue weighted by Gasteiger charge is 2.25. The summed E-state index contributed by atoms with van der Waals surface area (Å²) in [4.78, 5) is 26.5. The van der Waals surface area contributed by atoms with Crippen LogP contribution in [-0.4, -0.2) is 46.3 Å². The Labute approximate surface area is 147 Å². The van der Waals surface area contributed by atoms with Crippen molar-refractivity contribution in [2.45, 2.75) is 26.3 Å². The molecule has 1 saturated heterocycles. The van der Waals surface area contributed by atoms with Crippen LogP contribution in [0.25, 0.3) is 0 Å². The van der Waals surface area contributed by atoms with Crippen molar-refractivity contribution < 1.29 is 14.3 Å². The zero-order valence-electron chi connectivity index (χ0n) is 14.4. The number of ether oxygens (including phenoxy) is 1. The fourth-order valence-electron chi connectivity index (χ4n) is 3.07. The molecule has 0 unspecified atom stereocenters. The molecule has 2 aromatic rings. The van der Waals surface area contributed by atoms with Crippen LogP contribution in [0.3, 0.4) is 0 Å². The van der Waals surface area contributed by atoms with Crippen LogP contribution >= 0.6 is 0 Å². The molecule has 0 aliphatic carbocycles. The van der Waals surface area contributed by atoms with Gasteiger partial charge in [0.1, 0.15) is 0 Å². The number of likely N-dealkylation sites (tertiary alicyclic amines) is 1. The third-order valence-electron chi connectivity index (χ3n) is 4.47. The summed E-state index contributed by atoms with van der Waals surface area (Å²) in [7, 11) is 0. The smallest absolute Gasteiger partial charge is 0.341 e. The monoisotopic (exact) mass is 341 g/mol. The second kappa shape index (κ2) is 7.96. The maximum Gasteiger partial charge on any atom is 0.341 e. The predicted octanol–water partition coefficient (Wildman–Crippen LogP) is 2.61. The van der Waals surface area contributed by atoms with Crippen molar-refractivity contribution in [1.29, 1.82) is 0 Å². The molecular weight excluding hydrogens is 318 g/mol. The first-order chi connectivity index (χ1) is 12.2. The summed E-state index contributed by atoms with van der Waals surface area (Å²) in [6, 6.07) is 9.30. The van der Waals surface area contributed by atoms with Gasteiger partial charge in [-0.25, -0.2) is 4.79 Å². The van der Waals surface area contributed by atoms with Crippen LogP contribution in [0.1, 0.15) is 40.5 Å². The minimum atomic E-state index is -0.355. The number of esters is 1. The number of hydrogen-bond acceptors (Lipinski definition) is 4. The van der Waals surface area contributed by atoms with Crippen molar-refractivity contribution >= 4 is 11.9 Å². The van der Waals surface area contributed by atoms with Crippen LogP contribution in [0.2, 0.25) is 0 Å². The van der Waals surface area contributed by atoms with Crippen molar-refractivity contribution in [3.8, 4) is 0 Å². The van der Waals surface area contributed by atoms with Gasteiger partial charge in [-0.3, -0.25) is 9.48 Å². The maximum absolute atomic E-state index is 12.5. The van der Waals surface area contributed by atoms with Gasteiger partial charge >= 0.3 is 5.97 Å². The van der Waals surface area contributed by atoms with Gasteiger partial charge < -0.3 is 9.64 Å². The lowest BCUT2D eigenvalue weighted by Crippen LogP contribution is -2.41. The number of nitrogens with zero attached hydrogens (tertiary/aromatic N) is 3.